The maximum absolute atomic E-state index is 12.7. The lowest BCUT2D eigenvalue weighted by Crippen LogP contribution is -2.42. The van der Waals surface area contributed by atoms with E-state index in [2.05, 4.69) is 11.6 Å². The Morgan fingerprint density at radius 1 is 1.50 bits per heavy atom. The van der Waals surface area contributed by atoms with E-state index in [1.165, 1.54) is 6.20 Å². The highest BCUT2D eigenvalue weighted by molar-refractivity contribution is 5.88. The van der Waals surface area contributed by atoms with Gasteiger partial charge in [-0.25, -0.2) is 9.78 Å². The minimum absolute atomic E-state index is 0.0572. The summed E-state index contributed by atoms with van der Waals surface area (Å²) in [7, 11) is 0. The lowest BCUT2D eigenvalue weighted by atomic mass is 9.95. The second-order valence-electron chi connectivity index (χ2n) is 5.58. The number of carboxylic acid groups (broad SMARTS) is 1. The van der Waals surface area contributed by atoms with E-state index in [4.69, 9.17) is 4.74 Å². The Morgan fingerprint density at radius 2 is 2.32 bits per heavy atom. The molecule has 22 heavy (non-hydrogen) atoms. The van der Waals surface area contributed by atoms with Crippen LogP contribution in [0.5, 0.6) is 0 Å². The largest absolute Gasteiger partial charge is 0.477 e. The predicted octanol–water partition coefficient (Wildman–Crippen LogP) is 1.26. The standard InChI is InChI=1S/C16H18N2O4/c1-2-13-12(5-8-22-13)15(19)18-7-4-11-10(9-18)3-6-17-14(11)16(20)21/h2-3,6,12-13H,1,4-5,7-9H2,(H,20,21)/t12-,13+/m1/s1. The number of hydrogen-bond donors (Lipinski definition) is 1. The van der Waals surface area contributed by atoms with Crippen LogP contribution in [-0.4, -0.2) is 46.1 Å². The summed E-state index contributed by atoms with van der Waals surface area (Å²) in [5.41, 5.74) is 1.70. The maximum Gasteiger partial charge on any atom is 0.354 e. The molecule has 0 aromatic carbocycles. The van der Waals surface area contributed by atoms with E-state index in [1.54, 1.807) is 17.0 Å². The Balaban J connectivity index is 1.80. The van der Waals surface area contributed by atoms with E-state index < -0.39 is 5.97 Å². The number of ether oxygens (including phenoxy) is 1. The van der Waals surface area contributed by atoms with E-state index in [0.717, 1.165) is 11.1 Å². The first-order valence-corrected chi connectivity index (χ1v) is 7.35. The van der Waals surface area contributed by atoms with Crippen molar-refractivity contribution in [2.24, 2.45) is 5.92 Å². The van der Waals surface area contributed by atoms with Gasteiger partial charge < -0.3 is 14.7 Å². The van der Waals surface area contributed by atoms with Gasteiger partial charge >= 0.3 is 5.97 Å². The van der Waals surface area contributed by atoms with Gasteiger partial charge in [0, 0.05) is 25.9 Å². The average molecular weight is 302 g/mol. The van der Waals surface area contributed by atoms with Gasteiger partial charge in [0.25, 0.3) is 0 Å². The van der Waals surface area contributed by atoms with Crippen LogP contribution in [0.3, 0.4) is 0 Å². The Bertz CT molecular complexity index is 629. The normalized spacial score (nSPS) is 23.9. The Labute approximate surface area is 128 Å². The minimum Gasteiger partial charge on any atom is -0.477 e. The van der Waals surface area contributed by atoms with E-state index in [0.29, 0.717) is 32.5 Å². The number of carbonyl (C=O) groups is 2. The van der Waals surface area contributed by atoms with Crippen molar-refractivity contribution < 1.29 is 19.4 Å². The van der Waals surface area contributed by atoms with E-state index >= 15 is 0 Å². The number of hydrogen-bond acceptors (Lipinski definition) is 4. The van der Waals surface area contributed by atoms with Crippen LogP contribution in [0.15, 0.2) is 24.9 Å². The second kappa shape index (κ2) is 5.88. The fourth-order valence-corrected chi connectivity index (χ4v) is 3.21. The van der Waals surface area contributed by atoms with Gasteiger partial charge in [0.15, 0.2) is 5.69 Å². The lowest BCUT2D eigenvalue weighted by molar-refractivity contribution is -0.137. The van der Waals surface area contributed by atoms with Gasteiger partial charge in [0.1, 0.15) is 0 Å². The molecule has 1 saturated heterocycles. The molecule has 1 aromatic heterocycles. The molecule has 0 bridgehead atoms. The molecule has 3 rings (SSSR count). The highest BCUT2D eigenvalue weighted by Gasteiger charge is 2.36. The third kappa shape index (κ3) is 2.50. The molecule has 1 aromatic rings. The molecule has 2 atom stereocenters. The number of nitrogens with zero attached hydrogens (tertiary/aromatic N) is 2. The summed E-state index contributed by atoms with van der Waals surface area (Å²) >= 11 is 0. The summed E-state index contributed by atoms with van der Waals surface area (Å²) in [6, 6.07) is 1.79. The lowest BCUT2D eigenvalue weighted by Gasteiger charge is -2.31. The summed E-state index contributed by atoms with van der Waals surface area (Å²) in [6.45, 7) is 5.23. The first kappa shape index (κ1) is 14.7. The van der Waals surface area contributed by atoms with E-state index in [9.17, 15) is 14.7 Å². The van der Waals surface area contributed by atoms with Crippen molar-refractivity contribution in [1.29, 1.82) is 0 Å². The van der Waals surface area contributed by atoms with Crippen molar-refractivity contribution in [3.8, 4) is 0 Å². The zero-order valence-corrected chi connectivity index (χ0v) is 12.2. The summed E-state index contributed by atoms with van der Waals surface area (Å²) in [5, 5.41) is 9.18. The van der Waals surface area contributed by atoms with Crippen LogP contribution < -0.4 is 0 Å². The maximum atomic E-state index is 12.7. The molecule has 6 heteroatoms. The van der Waals surface area contributed by atoms with Gasteiger partial charge in [-0.05, 0) is 30.0 Å². The molecule has 1 fully saturated rings. The highest BCUT2D eigenvalue weighted by Crippen LogP contribution is 2.27. The number of fused-ring (bicyclic) bond motifs is 1. The fraction of sp³-hybridized carbons (Fsp3) is 0.438. The number of pyridine rings is 1. The first-order valence-electron chi connectivity index (χ1n) is 7.35. The topological polar surface area (TPSA) is 79.7 Å². The molecule has 0 aliphatic carbocycles. The zero-order chi connectivity index (χ0) is 15.7. The SMILES string of the molecule is C=C[C@@H]1OCC[C@H]1C(=O)N1CCc2c(ccnc2C(=O)O)C1. The van der Waals surface area contributed by atoms with Crippen molar-refractivity contribution in [1.82, 2.24) is 9.88 Å². The Hall–Kier alpha value is -2.21. The molecule has 1 N–H and O–H groups in total. The number of amides is 1. The number of carboxylic acids is 1. The smallest absolute Gasteiger partial charge is 0.354 e. The van der Waals surface area contributed by atoms with Crippen molar-refractivity contribution >= 4 is 11.9 Å². The third-order valence-electron chi connectivity index (χ3n) is 4.35. The molecule has 0 radical (unpaired) electrons. The fourth-order valence-electron chi connectivity index (χ4n) is 3.21. The number of rotatable bonds is 3. The third-order valence-corrected chi connectivity index (χ3v) is 4.35. The predicted molar refractivity (Wildman–Crippen MR) is 78.4 cm³/mol. The van der Waals surface area contributed by atoms with E-state index in [-0.39, 0.29) is 23.6 Å². The van der Waals surface area contributed by atoms with Crippen LogP contribution in [0.2, 0.25) is 0 Å². The van der Waals surface area contributed by atoms with Gasteiger partial charge in [-0.1, -0.05) is 6.08 Å². The number of aromatic carboxylic acids is 1. The molecule has 2 aliphatic rings. The van der Waals surface area contributed by atoms with Crippen molar-refractivity contribution in [2.45, 2.75) is 25.5 Å². The monoisotopic (exact) mass is 302 g/mol. The molecule has 2 aliphatic heterocycles. The average Bonchev–Trinajstić information content (AvgIpc) is 3.01. The van der Waals surface area contributed by atoms with Gasteiger partial charge in [-0.15, -0.1) is 6.58 Å². The van der Waals surface area contributed by atoms with Crippen LogP contribution in [0, 0.1) is 5.92 Å². The van der Waals surface area contributed by atoms with Gasteiger partial charge in [-0.3, -0.25) is 4.79 Å². The highest BCUT2D eigenvalue weighted by atomic mass is 16.5. The molecule has 0 spiro atoms. The number of carbonyl (C=O) groups excluding carboxylic acids is 1. The molecule has 1 amide bonds. The van der Waals surface area contributed by atoms with Crippen LogP contribution >= 0.6 is 0 Å². The summed E-state index contributed by atoms with van der Waals surface area (Å²) in [4.78, 5) is 29.6. The molecule has 116 valence electrons. The molecule has 6 nitrogen and oxygen atoms in total. The van der Waals surface area contributed by atoms with Gasteiger partial charge in [0.2, 0.25) is 5.91 Å². The second-order valence-corrected chi connectivity index (χ2v) is 5.58. The quantitative estimate of drug-likeness (QED) is 0.850. The Kier molecular flexibility index (Phi) is 3.94. The van der Waals surface area contributed by atoms with Crippen LogP contribution in [-0.2, 0) is 22.5 Å². The summed E-state index contributed by atoms with van der Waals surface area (Å²) in [6.07, 6.45) is 4.17. The van der Waals surface area contributed by atoms with Crippen LogP contribution in [0.25, 0.3) is 0 Å². The minimum atomic E-state index is -1.02. The molecule has 3 heterocycles. The van der Waals surface area contributed by atoms with Crippen LogP contribution in [0.1, 0.15) is 28.0 Å². The summed E-state index contributed by atoms with van der Waals surface area (Å²) < 4.78 is 5.49. The zero-order valence-electron chi connectivity index (χ0n) is 12.2. The molecule has 0 unspecified atom stereocenters. The molecular weight excluding hydrogens is 284 g/mol. The van der Waals surface area contributed by atoms with Crippen molar-refractivity contribution in [2.75, 3.05) is 13.2 Å². The summed E-state index contributed by atoms with van der Waals surface area (Å²) in [5.74, 6) is -1.14. The first-order chi connectivity index (χ1) is 10.6. The molecule has 0 saturated carbocycles. The van der Waals surface area contributed by atoms with Crippen LogP contribution in [0.4, 0.5) is 0 Å². The molecular formula is C16H18N2O4. The number of aromatic nitrogens is 1. The van der Waals surface area contributed by atoms with Gasteiger partial charge in [0.05, 0.1) is 12.0 Å². The Morgan fingerprint density at radius 3 is 3.05 bits per heavy atom. The van der Waals surface area contributed by atoms with Gasteiger partial charge in [-0.2, -0.15) is 0 Å². The van der Waals surface area contributed by atoms with E-state index in [1.807, 2.05) is 0 Å². The van der Waals surface area contributed by atoms with Crippen molar-refractivity contribution in [3.05, 3.63) is 41.7 Å². The van der Waals surface area contributed by atoms with Crippen molar-refractivity contribution in [3.63, 3.8) is 0 Å².